The van der Waals surface area contributed by atoms with Crippen molar-refractivity contribution in [2.24, 2.45) is 0 Å². The molecule has 0 saturated carbocycles. The highest BCUT2D eigenvalue weighted by atomic mass is 32.2. The molecule has 15 heavy (non-hydrogen) atoms. The first kappa shape index (κ1) is 11.9. The summed E-state index contributed by atoms with van der Waals surface area (Å²) in [6, 6.07) is 6.45. The van der Waals surface area contributed by atoms with E-state index in [9.17, 15) is 8.42 Å². The Balaban J connectivity index is 2.96. The predicted molar refractivity (Wildman–Crippen MR) is 61.1 cm³/mol. The van der Waals surface area contributed by atoms with Crippen LogP contribution in [0.5, 0.6) is 0 Å². The van der Waals surface area contributed by atoms with E-state index < -0.39 is 10.0 Å². The molecule has 82 valence electrons. The third-order valence-electron chi connectivity index (χ3n) is 1.73. The maximum atomic E-state index is 11.6. The van der Waals surface area contributed by atoms with Gasteiger partial charge in [0.2, 0.25) is 0 Å². The Kier molecular flexibility index (Phi) is 3.65. The summed E-state index contributed by atoms with van der Waals surface area (Å²) in [5, 5.41) is -0.171. The highest BCUT2D eigenvalue weighted by Crippen LogP contribution is 2.09. The van der Waals surface area contributed by atoms with Gasteiger partial charge in [0.1, 0.15) is 0 Å². The van der Waals surface area contributed by atoms with Crippen LogP contribution < -0.4 is 4.72 Å². The summed E-state index contributed by atoms with van der Waals surface area (Å²) in [5.74, 6) is 0. The monoisotopic (exact) mass is 245 g/mol. The number of nitrogens with one attached hydrogen (secondary N) is 1. The first-order chi connectivity index (χ1) is 6.95. The van der Waals surface area contributed by atoms with Gasteiger partial charge in [-0.15, -0.1) is 0 Å². The molecule has 1 N–H and O–H groups in total. The van der Waals surface area contributed by atoms with Crippen molar-refractivity contribution in [3.8, 4) is 0 Å². The van der Waals surface area contributed by atoms with Crippen molar-refractivity contribution < 1.29 is 13.2 Å². The average Bonchev–Trinajstić information content (AvgIpc) is 2.17. The average molecular weight is 245 g/mol. The van der Waals surface area contributed by atoms with E-state index in [0.717, 1.165) is 5.56 Å². The Bertz CT molecular complexity index is 451. The largest absolute Gasteiger partial charge is 0.474 e. The van der Waals surface area contributed by atoms with Crippen molar-refractivity contribution in [3.63, 3.8) is 0 Å². The normalized spacial score (nSPS) is 10.8. The fourth-order valence-corrected chi connectivity index (χ4v) is 2.17. The molecule has 1 aromatic carbocycles. The van der Waals surface area contributed by atoms with Gasteiger partial charge in [0, 0.05) is 0 Å². The number of rotatable bonds is 2. The van der Waals surface area contributed by atoms with Gasteiger partial charge in [0.15, 0.2) is 0 Å². The molecule has 0 aliphatic carbocycles. The van der Waals surface area contributed by atoms with E-state index in [4.69, 9.17) is 0 Å². The maximum Gasteiger partial charge on any atom is 0.270 e. The molecule has 0 aromatic heterocycles. The molecule has 0 aliphatic heterocycles. The highest BCUT2D eigenvalue weighted by Gasteiger charge is 2.14. The minimum Gasteiger partial charge on any atom is -0.474 e. The lowest BCUT2D eigenvalue weighted by Gasteiger charge is -2.07. The van der Waals surface area contributed by atoms with Crippen molar-refractivity contribution in [3.05, 3.63) is 29.8 Å². The number of methoxy groups -OCH3 is 1. The molecule has 0 aliphatic rings. The Hall–Kier alpha value is -1.14. The van der Waals surface area contributed by atoms with Crippen molar-refractivity contribution in [2.45, 2.75) is 11.8 Å². The third kappa shape index (κ3) is 3.17. The van der Waals surface area contributed by atoms with Gasteiger partial charge in [0.25, 0.3) is 15.2 Å². The van der Waals surface area contributed by atoms with E-state index in [0.29, 0.717) is 0 Å². The van der Waals surface area contributed by atoms with Crippen LogP contribution in [0.2, 0.25) is 0 Å². The molecule has 1 aromatic rings. The number of sulfonamides is 1. The molecular weight excluding hydrogens is 234 g/mol. The van der Waals surface area contributed by atoms with E-state index in [2.05, 4.69) is 21.7 Å². The summed E-state index contributed by atoms with van der Waals surface area (Å²) < 4.78 is 30.0. The second-order valence-electron chi connectivity index (χ2n) is 2.91. The van der Waals surface area contributed by atoms with Crippen molar-refractivity contribution in [2.75, 3.05) is 7.11 Å². The fraction of sp³-hybridized carbons (Fsp3) is 0.222. The summed E-state index contributed by atoms with van der Waals surface area (Å²) in [5.41, 5.74) is 0.989. The first-order valence-corrected chi connectivity index (χ1v) is 6.02. The molecule has 0 heterocycles. The molecule has 1 rings (SSSR count). The molecule has 0 saturated heterocycles. The van der Waals surface area contributed by atoms with Crippen LogP contribution in [0.25, 0.3) is 0 Å². The number of aryl methyl sites for hydroxylation is 1. The SMILES string of the molecule is COC(=S)NS(=O)(=O)c1ccc(C)cc1. The summed E-state index contributed by atoms with van der Waals surface area (Å²) in [6.07, 6.45) is 0. The van der Waals surface area contributed by atoms with Crippen LogP contribution in [-0.2, 0) is 14.8 Å². The van der Waals surface area contributed by atoms with Crippen molar-refractivity contribution >= 4 is 27.4 Å². The van der Waals surface area contributed by atoms with Gasteiger partial charge in [-0.25, -0.2) is 13.1 Å². The van der Waals surface area contributed by atoms with Crippen LogP contribution in [0.1, 0.15) is 5.56 Å². The van der Waals surface area contributed by atoms with Crippen molar-refractivity contribution in [1.82, 2.24) is 4.72 Å². The molecule has 0 fully saturated rings. The summed E-state index contributed by atoms with van der Waals surface area (Å²) in [4.78, 5) is 0.160. The lowest BCUT2D eigenvalue weighted by molar-refractivity contribution is 0.402. The topological polar surface area (TPSA) is 55.4 Å². The van der Waals surface area contributed by atoms with Crippen LogP contribution in [0.3, 0.4) is 0 Å². The van der Waals surface area contributed by atoms with Gasteiger partial charge in [-0.05, 0) is 31.3 Å². The smallest absolute Gasteiger partial charge is 0.270 e. The molecule has 0 unspecified atom stereocenters. The maximum absolute atomic E-state index is 11.6. The molecule has 0 spiro atoms. The van der Waals surface area contributed by atoms with Gasteiger partial charge in [-0.2, -0.15) is 0 Å². The Morgan fingerprint density at radius 2 is 1.87 bits per heavy atom. The van der Waals surface area contributed by atoms with Gasteiger partial charge in [0.05, 0.1) is 12.0 Å². The van der Waals surface area contributed by atoms with Crippen LogP contribution in [0.4, 0.5) is 0 Å². The molecule has 0 bridgehead atoms. The summed E-state index contributed by atoms with van der Waals surface area (Å²) >= 11 is 4.62. The number of hydrogen-bond acceptors (Lipinski definition) is 4. The molecule has 0 amide bonds. The van der Waals surface area contributed by atoms with Crippen LogP contribution in [-0.4, -0.2) is 20.7 Å². The minimum absolute atomic E-state index is 0.160. The molecular formula is C9H11NO3S2. The number of thiocarbonyl (C=S) groups is 1. The van der Waals surface area contributed by atoms with E-state index in [1.165, 1.54) is 19.2 Å². The minimum atomic E-state index is -3.60. The molecule has 0 radical (unpaired) electrons. The van der Waals surface area contributed by atoms with E-state index in [1.54, 1.807) is 12.1 Å². The lowest BCUT2D eigenvalue weighted by atomic mass is 10.2. The molecule has 0 atom stereocenters. The number of benzene rings is 1. The molecule has 4 nitrogen and oxygen atoms in total. The predicted octanol–water partition coefficient (Wildman–Crippen LogP) is 1.20. The van der Waals surface area contributed by atoms with Gasteiger partial charge in [-0.1, -0.05) is 17.7 Å². The van der Waals surface area contributed by atoms with Crippen LogP contribution in [0, 0.1) is 6.92 Å². The van der Waals surface area contributed by atoms with Gasteiger partial charge < -0.3 is 4.74 Å². The lowest BCUT2D eigenvalue weighted by Crippen LogP contribution is -2.30. The second-order valence-corrected chi connectivity index (χ2v) is 4.96. The zero-order valence-corrected chi connectivity index (χ0v) is 9.98. The van der Waals surface area contributed by atoms with Gasteiger partial charge >= 0.3 is 0 Å². The Labute approximate surface area is 94.3 Å². The summed E-state index contributed by atoms with van der Waals surface area (Å²) in [7, 11) is -2.30. The Morgan fingerprint density at radius 1 is 1.33 bits per heavy atom. The van der Waals surface area contributed by atoms with Crippen LogP contribution in [0.15, 0.2) is 29.2 Å². The zero-order valence-electron chi connectivity index (χ0n) is 8.35. The number of hydrogen-bond donors (Lipinski definition) is 1. The molecule has 6 heteroatoms. The highest BCUT2D eigenvalue weighted by molar-refractivity contribution is 7.91. The first-order valence-electron chi connectivity index (χ1n) is 4.13. The van der Waals surface area contributed by atoms with Crippen LogP contribution >= 0.6 is 12.2 Å². The van der Waals surface area contributed by atoms with E-state index in [1.807, 2.05) is 6.92 Å². The van der Waals surface area contributed by atoms with Gasteiger partial charge in [-0.3, -0.25) is 0 Å². The fourth-order valence-electron chi connectivity index (χ4n) is 0.928. The quantitative estimate of drug-likeness (QED) is 0.796. The third-order valence-corrected chi connectivity index (χ3v) is 3.48. The van der Waals surface area contributed by atoms with E-state index in [-0.39, 0.29) is 10.1 Å². The van der Waals surface area contributed by atoms with E-state index >= 15 is 0 Å². The van der Waals surface area contributed by atoms with Crippen molar-refractivity contribution in [1.29, 1.82) is 0 Å². The summed E-state index contributed by atoms with van der Waals surface area (Å²) in [6.45, 7) is 1.88. The second kappa shape index (κ2) is 4.59. The number of ether oxygens (including phenoxy) is 1. The standard InChI is InChI=1S/C9H11NO3S2/c1-7-3-5-8(6-4-7)15(11,12)10-9(14)13-2/h3-6H,1-2H3,(H,10,14). The Morgan fingerprint density at radius 3 is 2.33 bits per heavy atom. The zero-order chi connectivity index (χ0) is 11.5.